The molecule has 0 amide bonds. The molecule has 0 heterocycles. The summed E-state index contributed by atoms with van der Waals surface area (Å²) in [5, 5.41) is 8.48. The van der Waals surface area contributed by atoms with Gasteiger partial charge < -0.3 is 5.11 Å². The zero-order chi connectivity index (χ0) is 11.9. The highest BCUT2D eigenvalue weighted by atomic mass is 16.2. The summed E-state index contributed by atoms with van der Waals surface area (Å²) >= 11 is 0. The molecule has 1 N–H and O–H groups in total. The van der Waals surface area contributed by atoms with E-state index in [9.17, 15) is 0 Å². The summed E-state index contributed by atoms with van der Waals surface area (Å²) in [6.07, 6.45) is 15.2. The van der Waals surface area contributed by atoms with E-state index in [0.717, 1.165) is 6.54 Å². The monoisotopic (exact) mass is 227 g/mol. The molecule has 0 unspecified atom stereocenters. The van der Waals surface area contributed by atoms with Gasteiger partial charge in [0.05, 0.1) is 6.61 Å². The van der Waals surface area contributed by atoms with Crippen LogP contribution in [0.1, 0.15) is 71.1 Å². The molecule has 96 valence electrons. The first-order valence-electron chi connectivity index (χ1n) is 7.01. The van der Waals surface area contributed by atoms with Crippen LogP contribution in [0.25, 0.3) is 0 Å². The van der Waals surface area contributed by atoms with Crippen LogP contribution in [0.5, 0.6) is 0 Å². The Morgan fingerprint density at radius 2 is 1.31 bits per heavy atom. The minimum Gasteiger partial charge on any atom is -0.391 e. The van der Waals surface area contributed by atoms with Gasteiger partial charge in [-0.15, -0.1) is 0 Å². The standard InChI is InChI=1S/C14H29NO/c1-2-3-4-5-6-7-8-9-10-11-12-15-13-14-16/h13,16H,2-12,14H2,1H3. The number of hydrogen-bond acceptors (Lipinski definition) is 2. The van der Waals surface area contributed by atoms with Crippen LogP contribution in [-0.4, -0.2) is 24.5 Å². The minimum absolute atomic E-state index is 0.0811. The van der Waals surface area contributed by atoms with Crippen molar-refractivity contribution in [1.29, 1.82) is 0 Å². The largest absolute Gasteiger partial charge is 0.391 e. The minimum atomic E-state index is 0.0811. The van der Waals surface area contributed by atoms with E-state index in [1.54, 1.807) is 6.21 Å². The Labute approximate surface area is 101 Å². The molecule has 0 aliphatic carbocycles. The molecule has 0 bridgehead atoms. The smallest absolute Gasteiger partial charge is 0.0779 e. The Hall–Kier alpha value is -0.370. The van der Waals surface area contributed by atoms with Crippen molar-refractivity contribution in [2.24, 2.45) is 4.99 Å². The molecule has 0 aromatic carbocycles. The molecule has 0 saturated heterocycles. The second-order valence-corrected chi connectivity index (χ2v) is 4.45. The third-order valence-electron chi connectivity index (χ3n) is 2.85. The molecule has 0 fully saturated rings. The molecule has 16 heavy (non-hydrogen) atoms. The average Bonchev–Trinajstić information content (AvgIpc) is 2.31. The molecule has 0 aliphatic heterocycles. The quantitative estimate of drug-likeness (QED) is 0.397. The van der Waals surface area contributed by atoms with Gasteiger partial charge in [-0.05, 0) is 6.42 Å². The zero-order valence-electron chi connectivity index (χ0n) is 11.0. The summed E-state index contributed by atoms with van der Waals surface area (Å²) in [6, 6.07) is 0. The van der Waals surface area contributed by atoms with Gasteiger partial charge in [-0.3, -0.25) is 4.99 Å². The number of rotatable bonds is 12. The predicted octanol–water partition coefficient (Wildman–Crippen LogP) is 3.97. The molecule has 0 aromatic rings. The van der Waals surface area contributed by atoms with Gasteiger partial charge in [0.25, 0.3) is 0 Å². The second kappa shape index (κ2) is 14.6. The average molecular weight is 227 g/mol. The molecular weight excluding hydrogens is 198 g/mol. The van der Waals surface area contributed by atoms with Gasteiger partial charge in [0, 0.05) is 12.8 Å². The van der Waals surface area contributed by atoms with Gasteiger partial charge >= 0.3 is 0 Å². The van der Waals surface area contributed by atoms with Crippen molar-refractivity contribution < 1.29 is 5.11 Å². The first-order chi connectivity index (χ1) is 7.91. The molecule has 0 rings (SSSR count). The number of aliphatic hydroxyl groups is 1. The Balaban J connectivity index is 2.90. The van der Waals surface area contributed by atoms with Crippen LogP contribution in [0.15, 0.2) is 4.99 Å². The highest BCUT2D eigenvalue weighted by Crippen LogP contribution is 2.10. The Bertz CT molecular complexity index is 146. The number of nitrogens with zero attached hydrogens (tertiary/aromatic N) is 1. The highest BCUT2D eigenvalue weighted by molar-refractivity contribution is 5.57. The van der Waals surface area contributed by atoms with Gasteiger partial charge in [0.2, 0.25) is 0 Å². The Morgan fingerprint density at radius 3 is 1.81 bits per heavy atom. The predicted molar refractivity (Wildman–Crippen MR) is 72.3 cm³/mol. The van der Waals surface area contributed by atoms with Crippen molar-refractivity contribution in [3.05, 3.63) is 0 Å². The number of unbranched alkanes of at least 4 members (excludes halogenated alkanes) is 9. The first kappa shape index (κ1) is 15.6. The van der Waals surface area contributed by atoms with Crippen LogP contribution in [0, 0.1) is 0 Å². The van der Waals surface area contributed by atoms with Crippen LogP contribution in [0.3, 0.4) is 0 Å². The van der Waals surface area contributed by atoms with Crippen LogP contribution in [0.2, 0.25) is 0 Å². The van der Waals surface area contributed by atoms with Crippen LogP contribution >= 0.6 is 0 Å². The molecule has 0 aromatic heterocycles. The van der Waals surface area contributed by atoms with E-state index < -0.39 is 0 Å². The summed E-state index contributed by atoms with van der Waals surface area (Å²) in [4.78, 5) is 4.08. The van der Waals surface area contributed by atoms with Gasteiger partial charge in [-0.1, -0.05) is 64.7 Å². The highest BCUT2D eigenvalue weighted by Gasteiger charge is 1.91. The van der Waals surface area contributed by atoms with Gasteiger partial charge in [0.15, 0.2) is 0 Å². The van der Waals surface area contributed by atoms with E-state index in [4.69, 9.17) is 5.11 Å². The fraction of sp³-hybridized carbons (Fsp3) is 0.929. The van der Waals surface area contributed by atoms with Crippen molar-refractivity contribution >= 4 is 6.21 Å². The lowest BCUT2D eigenvalue weighted by Gasteiger charge is -2.01. The van der Waals surface area contributed by atoms with E-state index in [1.807, 2.05) is 0 Å². The lowest BCUT2D eigenvalue weighted by atomic mass is 10.1. The Morgan fingerprint density at radius 1 is 0.812 bits per heavy atom. The SMILES string of the molecule is CCCCCCCCCCCCN=CCO. The summed E-state index contributed by atoms with van der Waals surface area (Å²) in [5.74, 6) is 0. The fourth-order valence-electron chi connectivity index (χ4n) is 1.84. The number of aliphatic hydroxyl groups excluding tert-OH is 1. The number of aliphatic imine (C=N–C) groups is 1. The third-order valence-corrected chi connectivity index (χ3v) is 2.85. The van der Waals surface area contributed by atoms with E-state index >= 15 is 0 Å². The van der Waals surface area contributed by atoms with Crippen LogP contribution in [-0.2, 0) is 0 Å². The number of hydrogen-bond donors (Lipinski definition) is 1. The fourth-order valence-corrected chi connectivity index (χ4v) is 1.84. The summed E-state index contributed by atoms with van der Waals surface area (Å²) in [6.45, 7) is 3.23. The first-order valence-corrected chi connectivity index (χ1v) is 7.01. The van der Waals surface area contributed by atoms with Crippen molar-refractivity contribution in [2.75, 3.05) is 13.2 Å². The maximum absolute atomic E-state index is 8.48. The molecule has 2 heteroatoms. The van der Waals surface area contributed by atoms with Gasteiger partial charge in [-0.25, -0.2) is 0 Å². The maximum Gasteiger partial charge on any atom is 0.0779 e. The lowest BCUT2D eigenvalue weighted by molar-refractivity contribution is 0.361. The van der Waals surface area contributed by atoms with Crippen LogP contribution < -0.4 is 0 Å². The summed E-state index contributed by atoms with van der Waals surface area (Å²) in [7, 11) is 0. The zero-order valence-corrected chi connectivity index (χ0v) is 11.0. The third kappa shape index (κ3) is 13.6. The van der Waals surface area contributed by atoms with Gasteiger partial charge in [0.1, 0.15) is 0 Å². The molecule has 0 radical (unpaired) electrons. The lowest BCUT2D eigenvalue weighted by Crippen LogP contribution is -1.87. The van der Waals surface area contributed by atoms with E-state index in [-0.39, 0.29) is 6.61 Å². The van der Waals surface area contributed by atoms with Crippen LogP contribution in [0.4, 0.5) is 0 Å². The Kier molecular flexibility index (Phi) is 14.3. The molecule has 0 aliphatic rings. The van der Waals surface area contributed by atoms with Crippen molar-refractivity contribution in [3.63, 3.8) is 0 Å². The normalized spacial score (nSPS) is 11.4. The molecule has 0 atom stereocenters. The van der Waals surface area contributed by atoms with Crippen molar-refractivity contribution in [1.82, 2.24) is 0 Å². The molecule has 2 nitrogen and oxygen atoms in total. The molecule has 0 saturated carbocycles. The van der Waals surface area contributed by atoms with Crippen molar-refractivity contribution in [2.45, 2.75) is 71.1 Å². The molecule has 0 spiro atoms. The van der Waals surface area contributed by atoms with E-state index in [2.05, 4.69) is 11.9 Å². The molecular formula is C14H29NO. The van der Waals surface area contributed by atoms with E-state index in [1.165, 1.54) is 64.2 Å². The van der Waals surface area contributed by atoms with E-state index in [0.29, 0.717) is 0 Å². The second-order valence-electron chi connectivity index (χ2n) is 4.45. The topological polar surface area (TPSA) is 32.6 Å². The van der Waals surface area contributed by atoms with Gasteiger partial charge in [-0.2, -0.15) is 0 Å². The maximum atomic E-state index is 8.48. The summed E-state index contributed by atoms with van der Waals surface area (Å²) in [5.41, 5.74) is 0. The van der Waals surface area contributed by atoms with Crippen molar-refractivity contribution in [3.8, 4) is 0 Å². The summed E-state index contributed by atoms with van der Waals surface area (Å²) < 4.78 is 0.